The maximum Gasteiger partial charge on any atom is 0.369 e. The molecule has 1 aromatic rings. The van der Waals surface area contributed by atoms with E-state index in [1.54, 1.807) is 13.0 Å². The Bertz CT molecular complexity index is 777. The number of nitrogens with zero attached hydrogens (tertiary/aromatic N) is 3. The van der Waals surface area contributed by atoms with Crippen molar-refractivity contribution in [2.45, 2.75) is 11.8 Å². The van der Waals surface area contributed by atoms with E-state index in [2.05, 4.69) is 15.3 Å². The summed E-state index contributed by atoms with van der Waals surface area (Å²) in [5, 5.41) is 12.5. The number of carbonyl (C=O) groups is 1. The minimum atomic E-state index is -3.57. The third-order valence-corrected chi connectivity index (χ3v) is 5.25. The van der Waals surface area contributed by atoms with E-state index in [-0.39, 0.29) is 11.5 Å². The summed E-state index contributed by atoms with van der Waals surface area (Å²) < 4.78 is 36.2. The fraction of sp³-hybridized carbons (Fsp3) is 0.400. The number of hydrogen-bond donors (Lipinski definition) is 1. The van der Waals surface area contributed by atoms with Crippen molar-refractivity contribution in [1.29, 1.82) is 5.26 Å². The van der Waals surface area contributed by atoms with Gasteiger partial charge in [0.05, 0.1) is 30.4 Å². The molecule has 0 unspecified atom stereocenters. The topological polar surface area (TPSA) is 121 Å². The number of carbonyl (C=O) groups excluding carboxylic acids is 1. The van der Waals surface area contributed by atoms with Crippen molar-refractivity contribution in [1.82, 2.24) is 4.31 Å². The molecule has 1 aliphatic heterocycles. The molecule has 10 heteroatoms. The first-order valence-corrected chi connectivity index (χ1v) is 9.02. The molecule has 1 heterocycles. The lowest BCUT2D eigenvalue weighted by atomic mass is 10.3. The van der Waals surface area contributed by atoms with Gasteiger partial charge in [-0.05, 0) is 31.2 Å². The highest BCUT2D eigenvalue weighted by molar-refractivity contribution is 7.89. The number of hydrazone groups is 1. The summed E-state index contributed by atoms with van der Waals surface area (Å²) in [6.45, 7) is 3.13. The van der Waals surface area contributed by atoms with Crippen molar-refractivity contribution >= 4 is 27.4 Å². The fourth-order valence-corrected chi connectivity index (χ4v) is 3.48. The SMILES string of the molecule is CCOC(=O)/C(C#N)=N/Nc1ccc(S(=O)(=O)N2CCOCC2)cc1. The van der Waals surface area contributed by atoms with E-state index >= 15 is 0 Å². The molecule has 1 saturated heterocycles. The molecule has 0 bridgehead atoms. The van der Waals surface area contributed by atoms with Gasteiger partial charge >= 0.3 is 5.97 Å². The summed E-state index contributed by atoms with van der Waals surface area (Å²) in [4.78, 5) is 11.6. The van der Waals surface area contributed by atoms with Crippen LogP contribution in [0.1, 0.15) is 6.92 Å². The molecule has 0 amide bonds. The van der Waals surface area contributed by atoms with E-state index in [0.29, 0.717) is 32.0 Å². The third-order valence-electron chi connectivity index (χ3n) is 3.33. The lowest BCUT2D eigenvalue weighted by molar-refractivity contribution is -0.134. The Morgan fingerprint density at radius 3 is 2.56 bits per heavy atom. The molecule has 1 fully saturated rings. The second-order valence-electron chi connectivity index (χ2n) is 4.95. The molecule has 134 valence electrons. The van der Waals surface area contributed by atoms with Gasteiger partial charge in [-0.2, -0.15) is 14.7 Å². The predicted molar refractivity (Wildman–Crippen MR) is 89.3 cm³/mol. The quantitative estimate of drug-likeness (QED) is 0.443. The molecule has 0 aliphatic carbocycles. The van der Waals surface area contributed by atoms with Crippen LogP contribution >= 0.6 is 0 Å². The number of ether oxygens (including phenoxy) is 2. The van der Waals surface area contributed by atoms with E-state index in [0.717, 1.165) is 0 Å². The smallest absolute Gasteiger partial charge is 0.369 e. The van der Waals surface area contributed by atoms with Gasteiger partial charge in [0.15, 0.2) is 0 Å². The lowest BCUT2D eigenvalue weighted by Crippen LogP contribution is -2.40. The number of rotatable bonds is 6. The number of sulfonamides is 1. The van der Waals surface area contributed by atoms with Crippen molar-refractivity contribution in [2.24, 2.45) is 5.10 Å². The van der Waals surface area contributed by atoms with E-state index < -0.39 is 21.7 Å². The molecule has 1 N–H and O–H groups in total. The average molecular weight is 366 g/mol. The summed E-state index contributed by atoms with van der Waals surface area (Å²) in [7, 11) is -3.57. The molecule has 0 radical (unpaired) electrons. The van der Waals surface area contributed by atoms with Gasteiger partial charge in [0, 0.05) is 13.1 Å². The molecular weight excluding hydrogens is 348 g/mol. The van der Waals surface area contributed by atoms with E-state index in [4.69, 9.17) is 10.00 Å². The minimum absolute atomic E-state index is 0.133. The zero-order chi connectivity index (χ0) is 18.3. The van der Waals surface area contributed by atoms with Gasteiger partial charge < -0.3 is 9.47 Å². The maximum atomic E-state index is 12.5. The molecule has 1 aromatic carbocycles. The summed E-state index contributed by atoms with van der Waals surface area (Å²) in [6, 6.07) is 7.49. The zero-order valence-electron chi connectivity index (χ0n) is 13.6. The lowest BCUT2D eigenvalue weighted by Gasteiger charge is -2.26. The van der Waals surface area contributed by atoms with Gasteiger partial charge in [-0.1, -0.05) is 0 Å². The van der Waals surface area contributed by atoms with Crippen LogP contribution in [0.15, 0.2) is 34.3 Å². The molecule has 0 atom stereocenters. The number of hydrogen-bond acceptors (Lipinski definition) is 8. The third kappa shape index (κ3) is 4.76. The van der Waals surface area contributed by atoms with Crippen LogP contribution in [0.25, 0.3) is 0 Å². The van der Waals surface area contributed by atoms with Gasteiger partial charge in [0.2, 0.25) is 15.7 Å². The highest BCUT2D eigenvalue weighted by Crippen LogP contribution is 2.19. The van der Waals surface area contributed by atoms with Crippen LogP contribution in [0, 0.1) is 11.3 Å². The number of esters is 1. The molecule has 2 rings (SSSR count). The molecule has 9 nitrogen and oxygen atoms in total. The van der Waals surface area contributed by atoms with Crippen molar-refractivity contribution in [2.75, 3.05) is 38.3 Å². The Morgan fingerprint density at radius 2 is 2.00 bits per heavy atom. The Kier molecular flexibility index (Phi) is 6.46. The Labute approximate surface area is 145 Å². The first kappa shape index (κ1) is 18.9. The molecule has 0 saturated carbocycles. The molecule has 0 aromatic heterocycles. The molecule has 1 aliphatic rings. The summed E-state index contributed by atoms with van der Waals surface area (Å²) in [6.07, 6.45) is 0. The second kappa shape index (κ2) is 8.57. The van der Waals surface area contributed by atoms with Crippen LogP contribution in [-0.4, -0.2) is 57.3 Å². The second-order valence-corrected chi connectivity index (χ2v) is 6.88. The molecule has 25 heavy (non-hydrogen) atoms. The van der Waals surface area contributed by atoms with Crippen molar-refractivity contribution in [3.63, 3.8) is 0 Å². The summed E-state index contributed by atoms with van der Waals surface area (Å²) >= 11 is 0. The Morgan fingerprint density at radius 1 is 1.36 bits per heavy atom. The first-order chi connectivity index (χ1) is 12.0. The van der Waals surface area contributed by atoms with Crippen LogP contribution in [-0.2, 0) is 24.3 Å². The first-order valence-electron chi connectivity index (χ1n) is 7.58. The monoisotopic (exact) mass is 366 g/mol. The maximum absolute atomic E-state index is 12.5. The number of nitrogens with one attached hydrogen (secondary N) is 1. The minimum Gasteiger partial charge on any atom is -0.461 e. The average Bonchev–Trinajstić information content (AvgIpc) is 2.63. The molecular formula is C15H18N4O5S. The highest BCUT2D eigenvalue weighted by Gasteiger charge is 2.26. The van der Waals surface area contributed by atoms with Crippen LogP contribution in [0.2, 0.25) is 0 Å². The van der Waals surface area contributed by atoms with Gasteiger partial charge in [0.25, 0.3) is 0 Å². The van der Waals surface area contributed by atoms with Gasteiger partial charge in [-0.15, -0.1) is 0 Å². The number of anilines is 1. The van der Waals surface area contributed by atoms with E-state index in [1.165, 1.54) is 28.6 Å². The summed E-state index contributed by atoms with van der Waals surface area (Å²) in [5.74, 6) is -0.830. The van der Waals surface area contributed by atoms with Crippen LogP contribution in [0.3, 0.4) is 0 Å². The summed E-state index contributed by atoms with van der Waals surface area (Å²) in [5.41, 5.74) is 2.53. The van der Waals surface area contributed by atoms with E-state index in [9.17, 15) is 13.2 Å². The highest BCUT2D eigenvalue weighted by atomic mass is 32.2. The number of nitriles is 1. The van der Waals surface area contributed by atoms with Crippen LogP contribution in [0.4, 0.5) is 5.69 Å². The van der Waals surface area contributed by atoms with Gasteiger partial charge in [0.1, 0.15) is 6.07 Å². The standard InChI is InChI=1S/C15H18N4O5S/c1-2-24-15(20)14(11-16)18-17-12-3-5-13(6-4-12)25(21,22)19-7-9-23-10-8-19/h3-6,17H,2,7-10H2,1H3/b18-14+. The van der Waals surface area contributed by atoms with E-state index in [1.807, 2.05) is 0 Å². The normalized spacial score (nSPS) is 16.1. The van der Waals surface area contributed by atoms with Crippen LogP contribution < -0.4 is 5.43 Å². The van der Waals surface area contributed by atoms with Crippen molar-refractivity contribution in [3.05, 3.63) is 24.3 Å². The van der Waals surface area contributed by atoms with Crippen molar-refractivity contribution in [3.8, 4) is 6.07 Å². The van der Waals surface area contributed by atoms with Crippen molar-refractivity contribution < 1.29 is 22.7 Å². The number of benzene rings is 1. The largest absolute Gasteiger partial charge is 0.461 e. The van der Waals surface area contributed by atoms with Gasteiger partial charge in [-0.25, -0.2) is 13.2 Å². The fourth-order valence-electron chi connectivity index (χ4n) is 2.07. The Hall–Kier alpha value is -2.48. The number of morpholine rings is 1. The molecule has 0 spiro atoms. The zero-order valence-corrected chi connectivity index (χ0v) is 14.5. The predicted octanol–water partition coefficient (Wildman–Crippen LogP) is 0.562. The van der Waals surface area contributed by atoms with Gasteiger partial charge in [-0.3, -0.25) is 5.43 Å². The van der Waals surface area contributed by atoms with Crippen LogP contribution in [0.5, 0.6) is 0 Å². The Balaban J connectivity index is 2.09.